The molecule has 326 valence electrons. The molecule has 3 aliphatic rings. The topological polar surface area (TPSA) is 53.1 Å². The number of thiol groups is 1. The Kier molecular flexibility index (Phi) is 20.3. The molecule has 1 aliphatic carbocycles. The summed E-state index contributed by atoms with van der Waals surface area (Å²) in [6, 6.07) is 13.2. The summed E-state index contributed by atoms with van der Waals surface area (Å²) in [7, 11) is 6.02. The normalized spacial score (nSPS) is 23.1. The summed E-state index contributed by atoms with van der Waals surface area (Å²) in [5.74, 6) is 1.52. The van der Waals surface area contributed by atoms with E-state index in [-0.39, 0.29) is 23.8 Å². The number of likely N-dealkylation sites (tertiary alicyclic amines) is 1. The first kappa shape index (κ1) is 49.8. The van der Waals surface area contributed by atoms with Gasteiger partial charge in [0.2, 0.25) is 5.91 Å². The third kappa shape index (κ3) is 13.5. The number of allylic oxidation sites excluding steroid dienone is 4. The smallest absolute Gasteiger partial charge is 0.231 e. The fourth-order valence-electron chi connectivity index (χ4n) is 8.97. The number of carbonyl (C=O) groups excluding carboxylic acids is 2. The molecule has 6 nitrogen and oxygen atoms in total. The van der Waals surface area contributed by atoms with Crippen LogP contribution >= 0.6 is 12.6 Å². The number of nitrogens with zero attached hydrogens (tertiary/aromatic N) is 3. The van der Waals surface area contributed by atoms with E-state index in [1.54, 1.807) is 14.0 Å². The van der Waals surface area contributed by atoms with Crippen LogP contribution in [-0.4, -0.2) is 79.2 Å². The molecule has 1 saturated heterocycles. The summed E-state index contributed by atoms with van der Waals surface area (Å²) in [4.78, 5) is 35.0. The number of likely N-dealkylation sites (N-methyl/N-ethyl adjacent to an activating group) is 1. The maximum atomic E-state index is 15.4. The van der Waals surface area contributed by atoms with Crippen LogP contribution in [0.1, 0.15) is 147 Å². The third-order valence-corrected chi connectivity index (χ3v) is 13.1. The molecule has 0 N–H and O–H groups in total. The number of rotatable bonds is 12. The van der Waals surface area contributed by atoms with Gasteiger partial charge in [-0.1, -0.05) is 102 Å². The zero-order valence-corrected chi connectivity index (χ0v) is 39.8. The van der Waals surface area contributed by atoms with Crippen LogP contribution in [-0.2, 0) is 11.2 Å². The van der Waals surface area contributed by atoms with Gasteiger partial charge in [0.25, 0.3) is 0 Å². The van der Waals surface area contributed by atoms with E-state index in [1.807, 2.05) is 38.1 Å². The van der Waals surface area contributed by atoms with E-state index in [9.17, 15) is 4.79 Å². The first-order chi connectivity index (χ1) is 28.2. The highest BCUT2D eigenvalue weighted by molar-refractivity contribution is 7.80. The number of Topliss-reactive ketones (excluding diaryl/α,β-unsaturated/α-hetero) is 1. The van der Waals surface area contributed by atoms with E-state index >= 15 is 4.79 Å². The number of benzene rings is 2. The zero-order chi connectivity index (χ0) is 43.9. The van der Waals surface area contributed by atoms with E-state index in [0.29, 0.717) is 35.7 Å². The first-order valence-electron chi connectivity index (χ1n) is 22.6. The molecule has 7 heteroatoms. The van der Waals surface area contributed by atoms with Crippen LogP contribution in [0.2, 0.25) is 0 Å². The predicted molar refractivity (Wildman–Crippen MR) is 258 cm³/mol. The van der Waals surface area contributed by atoms with Gasteiger partial charge in [-0.3, -0.25) is 14.5 Å². The lowest BCUT2D eigenvalue weighted by Crippen LogP contribution is -2.53. The lowest BCUT2D eigenvalue weighted by atomic mass is 9.76. The molecular formula is C52H79N3O3S. The van der Waals surface area contributed by atoms with Gasteiger partial charge in [-0.25, -0.2) is 0 Å². The van der Waals surface area contributed by atoms with E-state index in [2.05, 4.69) is 132 Å². The number of hydrogen-bond acceptors (Lipinski definition) is 6. The minimum atomic E-state index is -0.741. The maximum absolute atomic E-state index is 15.4. The minimum Gasteiger partial charge on any atom is -0.497 e. The lowest BCUT2D eigenvalue weighted by molar-refractivity contribution is -0.144. The number of ketones is 1. The Morgan fingerprint density at radius 2 is 1.75 bits per heavy atom. The highest BCUT2D eigenvalue weighted by atomic mass is 32.1. The van der Waals surface area contributed by atoms with Gasteiger partial charge in [-0.2, -0.15) is 12.6 Å². The Labute approximate surface area is 365 Å². The summed E-state index contributed by atoms with van der Waals surface area (Å²) in [5.41, 5.74) is 7.05. The van der Waals surface area contributed by atoms with Crippen molar-refractivity contribution in [3.05, 3.63) is 95.1 Å². The molecule has 5 rings (SSSR count). The fourth-order valence-corrected chi connectivity index (χ4v) is 8.97. The van der Waals surface area contributed by atoms with Gasteiger partial charge in [0.05, 0.1) is 12.5 Å². The number of carbonyl (C=O) groups is 2. The molecule has 2 aliphatic heterocycles. The van der Waals surface area contributed by atoms with Gasteiger partial charge in [0.1, 0.15) is 5.75 Å². The fraction of sp³-hybridized carbons (Fsp3) is 0.577. The quantitative estimate of drug-likeness (QED) is 0.131. The molecule has 2 aromatic carbocycles. The molecule has 2 fully saturated rings. The van der Waals surface area contributed by atoms with Crippen LogP contribution < -0.4 is 9.64 Å². The lowest BCUT2D eigenvalue weighted by Gasteiger charge is -2.42. The summed E-state index contributed by atoms with van der Waals surface area (Å²) >= 11 is 4.10. The maximum Gasteiger partial charge on any atom is 0.231 e. The van der Waals surface area contributed by atoms with Crippen molar-refractivity contribution in [3.8, 4) is 5.75 Å². The van der Waals surface area contributed by atoms with Crippen molar-refractivity contribution >= 4 is 41.7 Å². The second kappa shape index (κ2) is 24.0. The minimum absolute atomic E-state index is 0.0545. The molecule has 5 unspecified atom stereocenters. The molecule has 5 atom stereocenters. The monoisotopic (exact) mass is 826 g/mol. The Morgan fingerprint density at radius 1 is 1.07 bits per heavy atom. The second-order valence-electron chi connectivity index (χ2n) is 17.4. The van der Waals surface area contributed by atoms with Crippen LogP contribution in [0.15, 0.2) is 72.9 Å². The van der Waals surface area contributed by atoms with Crippen molar-refractivity contribution in [1.29, 1.82) is 0 Å². The number of anilines is 1. The van der Waals surface area contributed by atoms with Gasteiger partial charge in [-0.05, 0) is 138 Å². The number of methoxy groups -OCH3 is 1. The third-order valence-electron chi connectivity index (χ3n) is 12.7. The highest BCUT2D eigenvalue weighted by Crippen LogP contribution is 2.44. The Balaban J connectivity index is 0.00000123. The zero-order valence-electron chi connectivity index (χ0n) is 38.9. The Morgan fingerprint density at radius 3 is 2.34 bits per heavy atom. The highest BCUT2D eigenvalue weighted by Gasteiger charge is 2.45. The Bertz CT molecular complexity index is 1770. The molecule has 1 amide bonds. The molecular weight excluding hydrogens is 747 g/mol. The van der Waals surface area contributed by atoms with Gasteiger partial charge in [0, 0.05) is 55.1 Å². The van der Waals surface area contributed by atoms with Gasteiger partial charge < -0.3 is 14.5 Å². The van der Waals surface area contributed by atoms with Gasteiger partial charge in [0.15, 0.2) is 5.78 Å². The molecule has 1 saturated carbocycles. The second-order valence-corrected chi connectivity index (χ2v) is 18.3. The van der Waals surface area contributed by atoms with Crippen molar-refractivity contribution < 1.29 is 14.3 Å². The van der Waals surface area contributed by atoms with Crippen LogP contribution in [0.25, 0.3) is 11.6 Å². The van der Waals surface area contributed by atoms with E-state index < -0.39 is 5.41 Å². The molecule has 2 heterocycles. The average molecular weight is 826 g/mol. The van der Waals surface area contributed by atoms with Crippen molar-refractivity contribution in [2.75, 3.05) is 39.2 Å². The molecule has 0 radical (unpaired) electrons. The van der Waals surface area contributed by atoms with Crippen LogP contribution in [0.5, 0.6) is 5.75 Å². The standard InChI is InChI=1S/C46H63N3O3.C4H10S.C2H6/c1-10-12-16-35(11-2)30-47(7)33(4)25-40-22-19-32(3)49(40)45(51)46(6)29-39-26-41(52-9)23-20-38(39)27-43(36-17-14-13-15-18-36)42-24-21-37(34(5)50)28-44(42)48(8)31-46;1-3-4(2)5;1-2/h10-12,16,20-21,23-24,26-28,32-33,36,40H,1,13-15,17-19,22,25,29-31H2,2-9H3;4-5H,3H2,1-2H3;1-2H3/b16-12-,35-11+,43-27+;;. The molecule has 0 aromatic heterocycles. The van der Waals surface area contributed by atoms with Crippen LogP contribution in [0.4, 0.5) is 5.69 Å². The predicted octanol–water partition coefficient (Wildman–Crippen LogP) is 12.5. The SMILES string of the molecule is C=C/C=C\C(=C/C)CN(C)C(C)CC1CCC(C)N1C(=O)C1(C)Cc2cc(OC)ccc2/C=C(\C2CCCCC2)c2ccc(C(C)=O)cc2N(C)C1.CC.CCC(C)S. The van der Waals surface area contributed by atoms with Gasteiger partial charge in [-0.15, -0.1) is 0 Å². The van der Waals surface area contributed by atoms with Crippen LogP contribution in [0.3, 0.4) is 0 Å². The first-order valence-corrected chi connectivity index (χ1v) is 23.1. The summed E-state index contributed by atoms with van der Waals surface area (Å²) in [5, 5.41) is 0.579. The molecule has 0 bridgehead atoms. The van der Waals surface area contributed by atoms with Crippen LogP contribution in [0, 0.1) is 11.3 Å². The van der Waals surface area contributed by atoms with Gasteiger partial charge >= 0.3 is 0 Å². The number of hydrogen-bond donors (Lipinski definition) is 1. The van der Waals surface area contributed by atoms with Crippen molar-refractivity contribution in [1.82, 2.24) is 9.80 Å². The van der Waals surface area contributed by atoms with E-state index in [4.69, 9.17) is 4.74 Å². The van der Waals surface area contributed by atoms with E-state index in [1.165, 1.54) is 42.4 Å². The molecule has 59 heavy (non-hydrogen) atoms. The molecule has 0 spiro atoms. The summed E-state index contributed by atoms with van der Waals surface area (Å²) < 4.78 is 5.77. The van der Waals surface area contributed by atoms with E-state index in [0.717, 1.165) is 61.2 Å². The van der Waals surface area contributed by atoms with Crippen molar-refractivity contribution in [2.24, 2.45) is 11.3 Å². The number of ether oxygens (including phenoxy) is 1. The Hall–Kier alpha value is -3.55. The number of fused-ring (bicyclic) bond motifs is 2. The van der Waals surface area contributed by atoms with Crippen molar-refractivity contribution in [2.45, 2.75) is 150 Å². The average Bonchev–Trinajstić information content (AvgIpc) is 3.60. The summed E-state index contributed by atoms with van der Waals surface area (Å²) in [6.07, 6.45) is 21.2. The summed E-state index contributed by atoms with van der Waals surface area (Å²) in [6.45, 7) is 23.8. The number of amides is 1. The van der Waals surface area contributed by atoms with Crippen molar-refractivity contribution in [3.63, 3.8) is 0 Å². The molecule has 2 aromatic rings. The largest absolute Gasteiger partial charge is 0.497 e.